The number of aryl methyl sites for hydroxylation is 1. The van der Waals surface area contributed by atoms with Crippen LogP contribution in [-0.2, 0) is 13.1 Å². The fraction of sp³-hybridized carbons (Fsp3) is 0.500. The molecule has 1 fully saturated rings. The molecule has 1 aromatic carbocycles. The van der Waals surface area contributed by atoms with Crippen molar-refractivity contribution in [1.82, 2.24) is 14.7 Å². The van der Waals surface area contributed by atoms with Crippen LogP contribution in [-0.4, -0.2) is 40.2 Å². The Balaban J connectivity index is 1.44. The normalized spacial score (nSPS) is 20.3. The zero-order chi connectivity index (χ0) is 17.9. The smallest absolute Gasteiger partial charge is 0.255 e. The summed E-state index contributed by atoms with van der Waals surface area (Å²) < 4.78 is 1.91. The maximum absolute atomic E-state index is 12.7. The van der Waals surface area contributed by atoms with E-state index < -0.39 is 0 Å². The van der Waals surface area contributed by atoms with E-state index in [1.165, 1.54) is 18.4 Å². The van der Waals surface area contributed by atoms with Crippen molar-refractivity contribution in [2.24, 2.45) is 5.92 Å². The minimum Gasteiger partial charge on any atom is -0.368 e. The average molecular weight is 353 g/mol. The van der Waals surface area contributed by atoms with Crippen molar-refractivity contribution in [2.75, 3.05) is 30.3 Å². The molecule has 0 aliphatic carbocycles. The lowest BCUT2D eigenvalue weighted by atomic mass is 9.99. The topological polar surface area (TPSA) is 62.2 Å². The molecular formula is C20H27N5O. The highest BCUT2D eigenvalue weighted by Gasteiger charge is 2.18. The Hall–Kier alpha value is -2.34. The van der Waals surface area contributed by atoms with Gasteiger partial charge < -0.3 is 10.6 Å². The van der Waals surface area contributed by atoms with Gasteiger partial charge in [-0.05, 0) is 49.4 Å². The number of anilines is 2. The van der Waals surface area contributed by atoms with Crippen LogP contribution in [0.25, 0.3) is 0 Å². The third kappa shape index (κ3) is 3.75. The number of aromatic nitrogens is 2. The van der Waals surface area contributed by atoms with Gasteiger partial charge in [0, 0.05) is 31.7 Å². The molecule has 138 valence electrons. The van der Waals surface area contributed by atoms with Crippen molar-refractivity contribution in [2.45, 2.75) is 39.3 Å². The molecule has 0 saturated carbocycles. The molecule has 1 atom stereocenters. The standard InChI is InChI=1S/C20H27N5O/c1-15-5-3-9-24(13-15)14-16-6-2-7-17(11-16)20(26)23-18-12-22-25-10-4-8-21-19(18)25/h2,6-7,11-12,15,21H,3-5,8-10,13-14H2,1H3,(H,23,26)/t15-/m0/s1. The van der Waals surface area contributed by atoms with Crippen molar-refractivity contribution in [1.29, 1.82) is 0 Å². The van der Waals surface area contributed by atoms with Crippen molar-refractivity contribution in [3.05, 3.63) is 41.6 Å². The van der Waals surface area contributed by atoms with Crippen LogP contribution in [0, 0.1) is 5.92 Å². The van der Waals surface area contributed by atoms with E-state index in [0.29, 0.717) is 5.56 Å². The van der Waals surface area contributed by atoms with Gasteiger partial charge in [0.15, 0.2) is 0 Å². The van der Waals surface area contributed by atoms with Crippen LogP contribution < -0.4 is 10.6 Å². The molecule has 0 bridgehead atoms. The quantitative estimate of drug-likeness (QED) is 0.886. The second kappa shape index (κ2) is 7.50. The number of nitrogens with zero attached hydrogens (tertiary/aromatic N) is 3. The molecule has 2 aliphatic heterocycles. The largest absolute Gasteiger partial charge is 0.368 e. The number of nitrogens with one attached hydrogen (secondary N) is 2. The minimum absolute atomic E-state index is 0.0814. The summed E-state index contributed by atoms with van der Waals surface area (Å²) in [5, 5.41) is 10.7. The maximum Gasteiger partial charge on any atom is 0.255 e. The predicted octanol–water partition coefficient (Wildman–Crippen LogP) is 3.18. The summed E-state index contributed by atoms with van der Waals surface area (Å²) >= 11 is 0. The van der Waals surface area contributed by atoms with Crippen LogP contribution in [0.15, 0.2) is 30.5 Å². The number of hydrogen-bond acceptors (Lipinski definition) is 4. The van der Waals surface area contributed by atoms with E-state index in [-0.39, 0.29) is 5.91 Å². The van der Waals surface area contributed by atoms with Crippen molar-refractivity contribution < 1.29 is 4.79 Å². The molecule has 0 radical (unpaired) electrons. The van der Waals surface area contributed by atoms with Crippen LogP contribution in [0.5, 0.6) is 0 Å². The summed E-state index contributed by atoms with van der Waals surface area (Å²) in [6.45, 7) is 7.33. The van der Waals surface area contributed by atoms with Crippen LogP contribution in [0.1, 0.15) is 42.1 Å². The van der Waals surface area contributed by atoms with Crippen molar-refractivity contribution in [3.63, 3.8) is 0 Å². The Morgan fingerprint density at radius 1 is 1.35 bits per heavy atom. The summed E-state index contributed by atoms with van der Waals surface area (Å²) in [6.07, 6.45) is 5.37. The molecule has 4 rings (SSSR count). The Bertz CT molecular complexity index is 784. The Kier molecular flexibility index (Phi) is 4.93. The lowest BCUT2D eigenvalue weighted by Crippen LogP contribution is -2.33. The molecule has 6 heteroatoms. The highest BCUT2D eigenvalue weighted by atomic mass is 16.1. The molecule has 0 unspecified atom stereocenters. The summed E-state index contributed by atoms with van der Waals surface area (Å²) in [4.78, 5) is 15.2. The summed E-state index contributed by atoms with van der Waals surface area (Å²) in [7, 11) is 0. The van der Waals surface area contributed by atoms with Gasteiger partial charge in [-0.3, -0.25) is 9.69 Å². The predicted molar refractivity (Wildman–Crippen MR) is 103 cm³/mol. The van der Waals surface area contributed by atoms with Crippen LogP contribution in [0.2, 0.25) is 0 Å². The van der Waals surface area contributed by atoms with Gasteiger partial charge in [-0.1, -0.05) is 19.1 Å². The van der Waals surface area contributed by atoms with E-state index in [2.05, 4.69) is 33.6 Å². The molecule has 0 spiro atoms. The van der Waals surface area contributed by atoms with Gasteiger partial charge in [0.05, 0.1) is 6.20 Å². The van der Waals surface area contributed by atoms with Gasteiger partial charge in [0.2, 0.25) is 0 Å². The summed E-state index contributed by atoms with van der Waals surface area (Å²) in [5.74, 6) is 1.58. The molecule has 2 aliphatic rings. The highest BCUT2D eigenvalue weighted by molar-refractivity contribution is 6.05. The first-order valence-corrected chi connectivity index (χ1v) is 9.61. The SMILES string of the molecule is C[C@H]1CCCN(Cc2cccc(C(=O)Nc3cnn4c3NCCC4)c2)C1. The molecule has 2 aromatic rings. The van der Waals surface area contributed by atoms with Gasteiger partial charge in [-0.2, -0.15) is 5.10 Å². The van der Waals surface area contributed by atoms with Crippen molar-refractivity contribution in [3.8, 4) is 0 Å². The lowest BCUT2D eigenvalue weighted by Gasteiger charge is -2.30. The molecule has 26 heavy (non-hydrogen) atoms. The fourth-order valence-electron chi connectivity index (χ4n) is 3.96. The number of rotatable bonds is 4. The Labute approximate surface area is 154 Å². The number of fused-ring (bicyclic) bond motifs is 1. The van der Waals surface area contributed by atoms with Gasteiger partial charge >= 0.3 is 0 Å². The molecular weight excluding hydrogens is 326 g/mol. The van der Waals surface area contributed by atoms with Gasteiger partial charge in [-0.25, -0.2) is 4.68 Å². The number of amides is 1. The van der Waals surface area contributed by atoms with E-state index in [4.69, 9.17) is 0 Å². The first kappa shape index (κ1) is 17.1. The molecule has 1 saturated heterocycles. The number of piperidine rings is 1. The Morgan fingerprint density at radius 3 is 3.15 bits per heavy atom. The third-order valence-corrected chi connectivity index (χ3v) is 5.26. The summed E-state index contributed by atoms with van der Waals surface area (Å²) in [6, 6.07) is 7.97. The van der Waals surface area contributed by atoms with E-state index in [1.807, 2.05) is 22.9 Å². The number of benzene rings is 1. The first-order valence-electron chi connectivity index (χ1n) is 9.61. The molecule has 1 amide bonds. The summed E-state index contributed by atoms with van der Waals surface area (Å²) in [5.41, 5.74) is 2.65. The molecule has 2 N–H and O–H groups in total. The number of carbonyl (C=O) groups is 1. The molecule has 3 heterocycles. The van der Waals surface area contributed by atoms with E-state index >= 15 is 0 Å². The van der Waals surface area contributed by atoms with Crippen LogP contribution in [0.3, 0.4) is 0 Å². The van der Waals surface area contributed by atoms with Crippen molar-refractivity contribution >= 4 is 17.4 Å². The minimum atomic E-state index is -0.0814. The number of hydrogen-bond donors (Lipinski definition) is 2. The average Bonchev–Trinajstić information content (AvgIpc) is 3.05. The second-order valence-electron chi connectivity index (χ2n) is 7.55. The zero-order valence-electron chi connectivity index (χ0n) is 15.4. The van der Waals surface area contributed by atoms with E-state index in [1.54, 1.807) is 6.20 Å². The molecule has 6 nitrogen and oxygen atoms in total. The van der Waals surface area contributed by atoms with Crippen LogP contribution in [0.4, 0.5) is 11.5 Å². The third-order valence-electron chi connectivity index (χ3n) is 5.26. The molecule has 1 aromatic heterocycles. The number of carbonyl (C=O) groups excluding carboxylic acids is 1. The Morgan fingerprint density at radius 2 is 2.27 bits per heavy atom. The van der Waals surface area contributed by atoms with Crippen LogP contribution >= 0.6 is 0 Å². The number of likely N-dealkylation sites (tertiary alicyclic amines) is 1. The van der Waals surface area contributed by atoms with E-state index in [0.717, 1.165) is 56.6 Å². The first-order chi connectivity index (χ1) is 12.7. The van der Waals surface area contributed by atoms with Gasteiger partial charge in [-0.15, -0.1) is 0 Å². The maximum atomic E-state index is 12.7. The monoisotopic (exact) mass is 353 g/mol. The highest BCUT2D eigenvalue weighted by Crippen LogP contribution is 2.25. The zero-order valence-corrected chi connectivity index (χ0v) is 15.4. The van der Waals surface area contributed by atoms with E-state index in [9.17, 15) is 4.79 Å². The fourth-order valence-corrected chi connectivity index (χ4v) is 3.96. The lowest BCUT2D eigenvalue weighted by molar-refractivity contribution is 0.102. The second-order valence-corrected chi connectivity index (χ2v) is 7.55. The van der Waals surface area contributed by atoms with Gasteiger partial charge in [0.1, 0.15) is 11.5 Å². The van der Waals surface area contributed by atoms with Gasteiger partial charge in [0.25, 0.3) is 5.91 Å².